The third kappa shape index (κ3) is 2.85. The first-order chi connectivity index (χ1) is 8.58. The normalized spacial score (nSPS) is 10.9. The van der Waals surface area contributed by atoms with Crippen LogP contribution in [0.15, 0.2) is 44.0 Å². The van der Waals surface area contributed by atoms with E-state index in [-0.39, 0.29) is 11.9 Å². The summed E-state index contributed by atoms with van der Waals surface area (Å²) in [5, 5.41) is 0. The molecule has 0 fully saturated rings. The van der Waals surface area contributed by atoms with Crippen molar-refractivity contribution < 1.29 is 13.6 Å². The van der Waals surface area contributed by atoms with Crippen LogP contribution in [0.5, 0.6) is 0 Å². The average Bonchev–Trinajstić information content (AvgIpc) is 2.95. The van der Waals surface area contributed by atoms with Crippen LogP contribution < -0.4 is 0 Å². The van der Waals surface area contributed by atoms with Gasteiger partial charge < -0.3 is 13.7 Å². The lowest BCUT2D eigenvalue weighted by Gasteiger charge is -2.24. The highest BCUT2D eigenvalue weighted by molar-refractivity contribution is 9.10. The Morgan fingerprint density at radius 1 is 1.39 bits per heavy atom. The molecule has 0 N–H and O–H groups in total. The lowest BCUT2D eigenvalue weighted by Crippen LogP contribution is -2.36. The highest BCUT2D eigenvalue weighted by Crippen LogP contribution is 2.18. The number of hydrogen-bond acceptors (Lipinski definition) is 3. The maximum absolute atomic E-state index is 12.3. The van der Waals surface area contributed by atoms with Crippen molar-refractivity contribution in [1.29, 1.82) is 0 Å². The molecule has 2 aromatic rings. The highest BCUT2D eigenvalue weighted by Gasteiger charge is 2.22. The highest BCUT2D eigenvalue weighted by atomic mass is 79.9. The van der Waals surface area contributed by atoms with Gasteiger partial charge in [-0.05, 0) is 54.0 Å². The van der Waals surface area contributed by atoms with Crippen LogP contribution in [0.4, 0.5) is 0 Å². The van der Waals surface area contributed by atoms with Gasteiger partial charge in [0.15, 0.2) is 10.4 Å². The number of amides is 1. The van der Waals surface area contributed by atoms with E-state index in [0.717, 1.165) is 5.76 Å². The van der Waals surface area contributed by atoms with Gasteiger partial charge in [0.25, 0.3) is 5.91 Å². The average molecular weight is 312 g/mol. The van der Waals surface area contributed by atoms with Gasteiger partial charge in [0, 0.05) is 6.04 Å². The van der Waals surface area contributed by atoms with Gasteiger partial charge in [0.1, 0.15) is 5.76 Å². The van der Waals surface area contributed by atoms with E-state index in [4.69, 9.17) is 8.83 Å². The zero-order valence-electron chi connectivity index (χ0n) is 10.2. The van der Waals surface area contributed by atoms with E-state index < -0.39 is 0 Å². The van der Waals surface area contributed by atoms with Gasteiger partial charge in [0.05, 0.1) is 12.8 Å². The molecule has 0 radical (unpaired) electrons. The predicted octanol–water partition coefficient (Wildman–Crippen LogP) is 3.69. The molecule has 0 bridgehead atoms. The number of hydrogen-bond donors (Lipinski definition) is 0. The molecule has 1 amide bonds. The fraction of sp³-hybridized carbons (Fsp3) is 0.308. The molecule has 0 aliphatic carbocycles. The Balaban J connectivity index is 2.17. The van der Waals surface area contributed by atoms with Gasteiger partial charge in [-0.2, -0.15) is 0 Å². The van der Waals surface area contributed by atoms with Crippen LogP contribution in [0.3, 0.4) is 0 Å². The molecule has 2 aromatic heterocycles. The molecule has 0 spiro atoms. The summed E-state index contributed by atoms with van der Waals surface area (Å²) in [5.74, 6) is 0.928. The first-order valence-electron chi connectivity index (χ1n) is 5.66. The van der Waals surface area contributed by atoms with Gasteiger partial charge in [0.2, 0.25) is 0 Å². The number of nitrogens with zero attached hydrogens (tertiary/aromatic N) is 1. The summed E-state index contributed by atoms with van der Waals surface area (Å²) in [4.78, 5) is 14.0. The number of carbonyl (C=O) groups excluding carboxylic acids is 1. The molecule has 2 rings (SSSR count). The van der Waals surface area contributed by atoms with Gasteiger partial charge in [-0.3, -0.25) is 4.79 Å². The van der Waals surface area contributed by atoms with Gasteiger partial charge in [-0.1, -0.05) is 0 Å². The van der Waals surface area contributed by atoms with Crippen LogP contribution >= 0.6 is 15.9 Å². The Labute approximate surface area is 114 Å². The molecule has 0 saturated heterocycles. The minimum atomic E-state index is -0.146. The Kier molecular flexibility index (Phi) is 3.91. The summed E-state index contributed by atoms with van der Waals surface area (Å²) in [6.45, 7) is 4.35. The standard InChI is InChI=1S/C13H14BrNO3/c1-9(2)15(8-10-4-3-7-17-10)13(16)11-5-6-12(14)18-11/h3-7,9H,8H2,1-2H3. The SMILES string of the molecule is CC(C)N(Cc1ccco1)C(=O)c1ccc(Br)o1. The van der Waals surface area contributed by atoms with Crippen LogP contribution in [0.25, 0.3) is 0 Å². The molecule has 5 heteroatoms. The first kappa shape index (κ1) is 13.0. The number of carbonyl (C=O) groups is 1. The van der Waals surface area contributed by atoms with Crippen LogP contribution in [0, 0.1) is 0 Å². The monoisotopic (exact) mass is 311 g/mol. The van der Waals surface area contributed by atoms with Crippen LogP contribution in [0.2, 0.25) is 0 Å². The fourth-order valence-electron chi connectivity index (χ4n) is 1.63. The van der Waals surface area contributed by atoms with E-state index in [1.54, 1.807) is 23.3 Å². The van der Waals surface area contributed by atoms with E-state index in [9.17, 15) is 4.79 Å². The van der Waals surface area contributed by atoms with Crippen molar-refractivity contribution >= 4 is 21.8 Å². The van der Waals surface area contributed by atoms with Crippen LogP contribution in [-0.4, -0.2) is 16.8 Å². The second-order valence-electron chi connectivity index (χ2n) is 4.21. The Morgan fingerprint density at radius 3 is 2.67 bits per heavy atom. The third-order valence-corrected chi connectivity index (χ3v) is 3.00. The van der Waals surface area contributed by atoms with Crippen molar-refractivity contribution in [2.45, 2.75) is 26.4 Å². The van der Waals surface area contributed by atoms with Gasteiger partial charge >= 0.3 is 0 Å². The molecule has 96 valence electrons. The van der Waals surface area contributed by atoms with Crippen molar-refractivity contribution in [2.24, 2.45) is 0 Å². The van der Waals surface area contributed by atoms with Crippen LogP contribution in [-0.2, 0) is 6.54 Å². The fourth-order valence-corrected chi connectivity index (χ4v) is 1.94. The summed E-state index contributed by atoms with van der Waals surface area (Å²) in [5.41, 5.74) is 0. The summed E-state index contributed by atoms with van der Waals surface area (Å²) in [6.07, 6.45) is 1.60. The maximum Gasteiger partial charge on any atom is 0.290 e. The Bertz CT molecular complexity index is 516. The van der Waals surface area contributed by atoms with Crippen molar-refractivity contribution in [3.05, 3.63) is 46.7 Å². The van der Waals surface area contributed by atoms with E-state index in [2.05, 4.69) is 15.9 Å². The topological polar surface area (TPSA) is 46.6 Å². The Hall–Kier alpha value is -1.49. The smallest absolute Gasteiger partial charge is 0.290 e. The summed E-state index contributed by atoms with van der Waals surface area (Å²) in [7, 11) is 0. The lowest BCUT2D eigenvalue weighted by atomic mass is 10.2. The molecule has 0 saturated carbocycles. The molecular formula is C13H14BrNO3. The summed E-state index contributed by atoms with van der Waals surface area (Å²) < 4.78 is 11.1. The summed E-state index contributed by atoms with van der Waals surface area (Å²) >= 11 is 3.19. The molecule has 18 heavy (non-hydrogen) atoms. The van der Waals surface area contributed by atoms with Crippen LogP contribution in [0.1, 0.15) is 30.2 Å². The second-order valence-corrected chi connectivity index (χ2v) is 4.99. The molecule has 0 atom stereocenters. The number of halogens is 1. The minimum absolute atomic E-state index is 0.0616. The molecule has 0 unspecified atom stereocenters. The summed E-state index contributed by atoms with van der Waals surface area (Å²) in [6, 6.07) is 7.08. The van der Waals surface area contributed by atoms with Gasteiger partial charge in [-0.15, -0.1) is 0 Å². The van der Waals surface area contributed by atoms with E-state index in [0.29, 0.717) is 17.0 Å². The van der Waals surface area contributed by atoms with Crippen molar-refractivity contribution in [3.63, 3.8) is 0 Å². The van der Waals surface area contributed by atoms with E-state index in [1.807, 2.05) is 26.0 Å². The minimum Gasteiger partial charge on any atom is -0.467 e. The number of rotatable bonds is 4. The Morgan fingerprint density at radius 2 is 2.17 bits per heavy atom. The molecule has 0 aliphatic rings. The molecule has 4 nitrogen and oxygen atoms in total. The zero-order valence-corrected chi connectivity index (χ0v) is 11.8. The largest absolute Gasteiger partial charge is 0.467 e. The lowest BCUT2D eigenvalue weighted by molar-refractivity contribution is 0.0642. The van der Waals surface area contributed by atoms with Crippen molar-refractivity contribution in [1.82, 2.24) is 4.90 Å². The van der Waals surface area contributed by atoms with Crippen molar-refractivity contribution in [3.8, 4) is 0 Å². The molecule has 2 heterocycles. The quantitative estimate of drug-likeness (QED) is 0.865. The van der Waals surface area contributed by atoms with Gasteiger partial charge in [-0.25, -0.2) is 0 Å². The second kappa shape index (κ2) is 5.44. The third-order valence-electron chi connectivity index (χ3n) is 2.57. The molecule has 0 aliphatic heterocycles. The molecule has 0 aromatic carbocycles. The maximum atomic E-state index is 12.3. The first-order valence-corrected chi connectivity index (χ1v) is 6.46. The zero-order chi connectivity index (χ0) is 13.1. The van der Waals surface area contributed by atoms with Crippen molar-refractivity contribution in [2.75, 3.05) is 0 Å². The van der Waals surface area contributed by atoms with E-state index in [1.165, 1.54) is 0 Å². The predicted molar refractivity (Wildman–Crippen MR) is 70.1 cm³/mol. The number of furan rings is 2. The molecular weight excluding hydrogens is 298 g/mol. The van der Waals surface area contributed by atoms with E-state index >= 15 is 0 Å².